The predicted molar refractivity (Wildman–Crippen MR) is 174 cm³/mol. The maximum absolute atomic E-state index is 14.6. The number of esters is 2. The fraction of sp³-hybridized carbons (Fsp3) is 0.784. The molecule has 3 rings (SSSR count). The van der Waals surface area contributed by atoms with Crippen molar-refractivity contribution in [1.82, 2.24) is 5.32 Å². The highest BCUT2D eigenvalue weighted by molar-refractivity contribution is 6.01. The Balaban J connectivity index is 2.09. The summed E-state index contributed by atoms with van der Waals surface area (Å²) in [6, 6.07) is 3.84. The molecule has 0 bridgehead atoms. The van der Waals surface area contributed by atoms with Gasteiger partial charge in [0.2, 0.25) is 0 Å². The number of rotatable bonds is 7. The van der Waals surface area contributed by atoms with E-state index in [9.17, 15) is 14.7 Å². The summed E-state index contributed by atoms with van der Waals surface area (Å²) in [6.07, 6.45) is 3.41. The molecule has 1 atom stereocenters. The summed E-state index contributed by atoms with van der Waals surface area (Å²) in [7, 11) is 0. The van der Waals surface area contributed by atoms with Crippen molar-refractivity contribution in [2.75, 3.05) is 0 Å². The van der Waals surface area contributed by atoms with Gasteiger partial charge in [-0.15, -0.1) is 0 Å². The number of aryl methyl sites for hydroxylation is 1. The number of nitrogens with one attached hydrogen (secondary N) is 1. The zero-order valence-electron chi connectivity index (χ0n) is 29.7. The summed E-state index contributed by atoms with van der Waals surface area (Å²) in [5.74, 6) is -1.14. The second-order valence-electron chi connectivity index (χ2n) is 18.1. The largest absolute Gasteiger partial charge is 0.507 e. The summed E-state index contributed by atoms with van der Waals surface area (Å²) >= 11 is 0. The van der Waals surface area contributed by atoms with Gasteiger partial charge in [-0.1, -0.05) is 74.4 Å². The van der Waals surface area contributed by atoms with Crippen LogP contribution in [0.3, 0.4) is 0 Å². The van der Waals surface area contributed by atoms with E-state index in [0.717, 1.165) is 36.0 Å². The number of phenols is 1. The van der Waals surface area contributed by atoms with E-state index in [1.807, 2.05) is 32.9 Å². The van der Waals surface area contributed by atoms with Gasteiger partial charge in [-0.2, -0.15) is 0 Å². The highest BCUT2D eigenvalue weighted by atomic mass is 16.6. The molecule has 0 radical (unpaired) electrons. The summed E-state index contributed by atoms with van der Waals surface area (Å²) in [6.45, 7) is 29.3. The van der Waals surface area contributed by atoms with E-state index in [4.69, 9.17) is 9.47 Å². The maximum atomic E-state index is 14.6. The average Bonchev–Trinajstić information content (AvgIpc) is 2.73. The van der Waals surface area contributed by atoms with Crippen LogP contribution in [0.15, 0.2) is 12.1 Å². The first-order valence-corrected chi connectivity index (χ1v) is 16.3. The highest BCUT2D eigenvalue weighted by Crippen LogP contribution is 2.48. The van der Waals surface area contributed by atoms with Crippen molar-refractivity contribution in [3.8, 4) is 5.75 Å². The summed E-state index contributed by atoms with van der Waals surface area (Å²) in [5.41, 5.74) is 0.0785. The van der Waals surface area contributed by atoms with Crippen LogP contribution in [0.4, 0.5) is 0 Å². The predicted octanol–water partition coefficient (Wildman–Crippen LogP) is 8.18. The molecule has 1 saturated carbocycles. The zero-order valence-corrected chi connectivity index (χ0v) is 29.7. The van der Waals surface area contributed by atoms with Crippen molar-refractivity contribution < 1.29 is 24.2 Å². The third-order valence-corrected chi connectivity index (χ3v) is 9.58. The maximum Gasteiger partial charge on any atom is 0.324 e. The Bertz CT molecular complexity index is 1120. The molecule has 1 aromatic rings. The Morgan fingerprint density at radius 3 is 1.72 bits per heavy atom. The summed E-state index contributed by atoms with van der Waals surface area (Å²) in [4.78, 5) is 29.2. The average molecular weight is 600 g/mol. The first kappa shape index (κ1) is 35.4. The molecule has 1 aromatic carbocycles. The lowest BCUT2D eigenvalue weighted by molar-refractivity contribution is -0.187. The number of aromatic hydroxyl groups is 1. The molecule has 1 unspecified atom stereocenters. The Labute approximate surface area is 262 Å². The lowest BCUT2D eigenvalue weighted by Crippen LogP contribution is -2.60. The lowest BCUT2D eigenvalue weighted by Gasteiger charge is -2.47. The topological polar surface area (TPSA) is 84.9 Å². The first-order valence-electron chi connectivity index (χ1n) is 16.3. The van der Waals surface area contributed by atoms with Crippen LogP contribution in [0.1, 0.15) is 139 Å². The van der Waals surface area contributed by atoms with Crippen LogP contribution in [-0.4, -0.2) is 40.3 Å². The molecule has 0 spiro atoms. The second kappa shape index (κ2) is 11.7. The summed E-state index contributed by atoms with van der Waals surface area (Å²) < 4.78 is 12.8. The van der Waals surface area contributed by atoms with E-state index in [1.165, 1.54) is 0 Å². The molecular formula is C37H61NO5. The number of carbonyl (C=O) groups excluding carboxylic acids is 2. The molecule has 2 N–H and O–H groups in total. The number of carbonyl (C=O) groups is 2. The standard InChI is InChI=1S/C37H61NO5/c1-23(2)37(17-25-15-24(3)29(39)28(16-25)32(4,5)6,30(40)42-26-18-33(7,8)22-34(9,10)19-26)31(41)43-27-20-35(11,12)38-36(13,14)21-27/h15-16,23,26-27,38-39H,17-22H2,1-14H3. The normalized spacial score (nSPS) is 23.4. The van der Waals surface area contributed by atoms with Crippen molar-refractivity contribution in [3.63, 3.8) is 0 Å². The van der Waals surface area contributed by atoms with Gasteiger partial charge in [-0.05, 0) is 99.2 Å². The van der Waals surface area contributed by atoms with Crippen molar-refractivity contribution >= 4 is 11.9 Å². The lowest BCUT2D eigenvalue weighted by atomic mass is 9.64. The van der Waals surface area contributed by atoms with Crippen molar-refractivity contribution in [2.24, 2.45) is 22.2 Å². The van der Waals surface area contributed by atoms with E-state index in [2.05, 4.69) is 81.5 Å². The van der Waals surface area contributed by atoms with Gasteiger partial charge >= 0.3 is 11.9 Å². The summed E-state index contributed by atoms with van der Waals surface area (Å²) in [5, 5.41) is 14.6. The van der Waals surface area contributed by atoms with Gasteiger partial charge in [0.15, 0.2) is 5.41 Å². The Morgan fingerprint density at radius 2 is 1.30 bits per heavy atom. The van der Waals surface area contributed by atoms with Gasteiger partial charge < -0.3 is 19.9 Å². The molecule has 43 heavy (non-hydrogen) atoms. The van der Waals surface area contributed by atoms with E-state index in [0.29, 0.717) is 12.8 Å². The Hall–Kier alpha value is -2.08. The molecule has 244 valence electrons. The minimum absolute atomic E-state index is 0.0235. The van der Waals surface area contributed by atoms with Gasteiger partial charge in [0, 0.05) is 23.9 Å². The third kappa shape index (κ3) is 8.35. The number of piperidine rings is 1. The molecule has 0 aromatic heterocycles. The number of hydrogen-bond donors (Lipinski definition) is 2. The van der Waals surface area contributed by atoms with Gasteiger partial charge in [0.25, 0.3) is 0 Å². The van der Waals surface area contributed by atoms with Crippen molar-refractivity contribution in [2.45, 2.75) is 164 Å². The SMILES string of the molecule is Cc1cc(CC(C(=O)OC2CC(C)(C)CC(C)(C)C2)(C(=O)OC2CC(C)(C)NC(C)(C)C2)C(C)C)cc(C(C)(C)C)c1O. The van der Waals surface area contributed by atoms with Crippen molar-refractivity contribution in [1.29, 1.82) is 0 Å². The van der Waals surface area contributed by atoms with Gasteiger partial charge in [0.1, 0.15) is 18.0 Å². The van der Waals surface area contributed by atoms with E-state index in [-0.39, 0.29) is 57.6 Å². The van der Waals surface area contributed by atoms with Crippen LogP contribution >= 0.6 is 0 Å². The molecule has 0 amide bonds. The molecule has 6 nitrogen and oxygen atoms in total. The van der Waals surface area contributed by atoms with E-state index in [1.54, 1.807) is 0 Å². The molecule has 2 fully saturated rings. The van der Waals surface area contributed by atoms with Crippen molar-refractivity contribution in [3.05, 3.63) is 28.8 Å². The fourth-order valence-corrected chi connectivity index (χ4v) is 8.41. The fourth-order valence-electron chi connectivity index (χ4n) is 8.41. The highest BCUT2D eigenvalue weighted by Gasteiger charge is 2.54. The third-order valence-electron chi connectivity index (χ3n) is 9.58. The van der Waals surface area contributed by atoms with Gasteiger partial charge in [-0.3, -0.25) is 9.59 Å². The minimum Gasteiger partial charge on any atom is -0.507 e. The second-order valence-corrected chi connectivity index (χ2v) is 18.1. The quantitative estimate of drug-likeness (QED) is 0.243. The van der Waals surface area contributed by atoms with Crippen LogP contribution in [0.2, 0.25) is 0 Å². The molecule has 1 heterocycles. The van der Waals surface area contributed by atoms with E-state index < -0.39 is 17.4 Å². The Kier molecular flexibility index (Phi) is 9.62. The smallest absolute Gasteiger partial charge is 0.324 e. The molecule has 1 aliphatic carbocycles. The first-order chi connectivity index (χ1) is 19.3. The molecule has 2 aliphatic rings. The molecule has 1 saturated heterocycles. The van der Waals surface area contributed by atoms with Crippen LogP contribution in [-0.2, 0) is 30.9 Å². The van der Waals surface area contributed by atoms with Gasteiger partial charge in [-0.25, -0.2) is 0 Å². The minimum atomic E-state index is -1.54. The zero-order chi connectivity index (χ0) is 33.0. The molecular weight excluding hydrogens is 538 g/mol. The molecule has 1 aliphatic heterocycles. The number of phenolic OH excluding ortho intramolecular Hbond substituents is 1. The van der Waals surface area contributed by atoms with Crippen LogP contribution in [0.25, 0.3) is 0 Å². The van der Waals surface area contributed by atoms with Crippen LogP contribution in [0, 0.1) is 29.1 Å². The number of ether oxygens (including phenoxy) is 2. The monoisotopic (exact) mass is 599 g/mol. The Morgan fingerprint density at radius 1 is 0.860 bits per heavy atom. The van der Waals surface area contributed by atoms with E-state index >= 15 is 0 Å². The number of benzene rings is 1. The molecule has 6 heteroatoms. The number of hydrogen-bond acceptors (Lipinski definition) is 6. The van der Waals surface area contributed by atoms with Crippen LogP contribution in [0.5, 0.6) is 5.75 Å². The van der Waals surface area contributed by atoms with Crippen LogP contribution < -0.4 is 5.32 Å². The van der Waals surface area contributed by atoms with Gasteiger partial charge in [0.05, 0.1) is 0 Å².